The van der Waals surface area contributed by atoms with E-state index in [0.717, 1.165) is 17.1 Å². The van der Waals surface area contributed by atoms with Crippen LogP contribution in [0.5, 0.6) is 11.5 Å². The number of aromatic nitrogens is 2. The topological polar surface area (TPSA) is 82.3 Å². The van der Waals surface area contributed by atoms with Crippen LogP contribution in [-0.2, 0) is 6.54 Å². The summed E-state index contributed by atoms with van der Waals surface area (Å²) >= 11 is 1.46. The van der Waals surface area contributed by atoms with Crippen LogP contribution in [0.25, 0.3) is 0 Å². The summed E-state index contributed by atoms with van der Waals surface area (Å²) in [7, 11) is 0. The highest BCUT2D eigenvalue weighted by molar-refractivity contribution is 7.98. The molecule has 2 aromatic rings. The number of ether oxygens (including phenoxy) is 2. The van der Waals surface area contributed by atoms with Crippen LogP contribution in [0.15, 0.2) is 29.4 Å². The molecule has 2 heterocycles. The van der Waals surface area contributed by atoms with E-state index in [4.69, 9.17) is 15.2 Å². The van der Waals surface area contributed by atoms with Crippen molar-refractivity contribution in [1.29, 1.82) is 0 Å². The van der Waals surface area contributed by atoms with Crippen LogP contribution in [0.4, 0.5) is 11.6 Å². The zero-order valence-corrected chi connectivity index (χ0v) is 11.7. The fourth-order valence-electron chi connectivity index (χ4n) is 1.87. The highest BCUT2D eigenvalue weighted by Gasteiger charge is 2.13. The summed E-state index contributed by atoms with van der Waals surface area (Å²) in [6, 6.07) is 7.56. The van der Waals surface area contributed by atoms with Crippen molar-refractivity contribution in [1.82, 2.24) is 9.97 Å². The molecule has 0 saturated heterocycles. The summed E-state index contributed by atoms with van der Waals surface area (Å²) in [5.74, 6) is 2.72. The second-order valence-corrected chi connectivity index (χ2v) is 4.98. The molecular weight excluding hydrogens is 276 g/mol. The average molecular weight is 290 g/mol. The van der Waals surface area contributed by atoms with Gasteiger partial charge in [-0.2, -0.15) is 0 Å². The predicted octanol–water partition coefficient (Wildman–Crippen LogP) is 2.12. The number of rotatable bonds is 4. The van der Waals surface area contributed by atoms with E-state index in [9.17, 15) is 0 Å². The summed E-state index contributed by atoms with van der Waals surface area (Å²) in [5, 5.41) is 3.88. The molecule has 0 aliphatic carbocycles. The summed E-state index contributed by atoms with van der Waals surface area (Å²) < 4.78 is 10.6. The highest BCUT2D eigenvalue weighted by Crippen LogP contribution is 2.32. The SMILES string of the molecule is CSc1nc(N)cc(NCc2ccc3c(c2)OCO3)n1. The molecule has 1 aliphatic rings. The van der Waals surface area contributed by atoms with Gasteiger partial charge in [0.1, 0.15) is 11.6 Å². The fourth-order valence-corrected chi connectivity index (χ4v) is 2.25. The van der Waals surface area contributed by atoms with Crippen molar-refractivity contribution in [3.8, 4) is 11.5 Å². The number of benzene rings is 1. The molecule has 104 valence electrons. The quantitative estimate of drug-likeness (QED) is 0.659. The van der Waals surface area contributed by atoms with Gasteiger partial charge in [-0.05, 0) is 24.0 Å². The Balaban J connectivity index is 1.71. The van der Waals surface area contributed by atoms with Gasteiger partial charge in [-0.15, -0.1) is 0 Å². The number of hydrogen-bond donors (Lipinski definition) is 2. The molecule has 3 N–H and O–H groups in total. The Bertz CT molecular complexity index is 636. The van der Waals surface area contributed by atoms with E-state index >= 15 is 0 Å². The third kappa shape index (κ3) is 2.72. The van der Waals surface area contributed by atoms with Crippen LogP contribution in [0.1, 0.15) is 5.56 Å². The van der Waals surface area contributed by atoms with E-state index in [2.05, 4.69) is 15.3 Å². The average Bonchev–Trinajstić information content (AvgIpc) is 2.92. The summed E-state index contributed by atoms with van der Waals surface area (Å²) in [6.45, 7) is 0.909. The van der Waals surface area contributed by atoms with E-state index in [1.165, 1.54) is 11.8 Å². The second kappa shape index (κ2) is 5.46. The molecule has 7 heteroatoms. The normalized spacial score (nSPS) is 12.4. The molecule has 3 rings (SSSR count). The van der Waals surface area contributed by atoms with Gasteiger partial charge in [0.2, 0.25) is 6.79 Å². The maximum atomic E-state index is 5.74. The van der Waals surface area contributed by atoms with Crippen molar-refractivity contribution in [2.45, 2.75) is 11.7 Å². The maximum absolute atomic E-state index is 5.74. The predicted molar refractivity (Wildman–Crippen MR) is 78.1 cm³/mol. The molecule has 0 atom stereocenters. The Morgan fingerprint density at radius 1 is 1.25 bits per heavy atom. The first kappa shape index (κ1) is 12.9. The number of anilines is 2. The van der Waals surface area contributed by atoms with Gasteiger partial charge < -0.3 is 20.5 Å². The Hall–Kier alpha value is -2.15. The lowest BCUT2D eigenvalue weighted by molar-refractivity contribution is 0.174. The standard InChI is InChI=1S/C13H14N4O2S/c1-20-13-16-11(14)5-12(17-13)15-6-8-2-3-9-10(4-8)19-7-18-9/h2-5H,6-7H2,1H3,(H3,14,15,16,17). The number of thioether (sulfide) groups is 1. The fraction of sp³-hybridized carbons (Fsp3) is 0.231. The minimum absolute atomic E-state index is 0.283. The van der Waals surface area contributed by atoms with E-state index in [-0.39, 0.29) is 6.79 Å². The molecule has 1 aliphatic heterocycles. The zero-order valence-electron chi connectivity index (χ0n) is 10.9. The van der Waals surface area contributed by atoms with Crippen molar-refractivity contribution < 1.29 is 9.47 Å². The Morgan fingerprint density at radius 2 is 2.10 bits per heavy atom. The maximum Gasteiger partial charge on any atom is 0.231 e. The van der Waals surface area contributed by atoms with Crippen molar-refractivity contribution >= 4 is 23.4 Å². The zero-order chi connectivity index (χ0) is 13.9. The molecule has 0 unspecified atom stereocenters. The molecule has 0 spiro atoms. The van der Waals surface area contributed by atoms with Gasteiger partial charge in [0, 0.05) is 12.6 Å². The Kier molecular flexibility index (Phi) is 3.51. The summed E-state index contributed by atoms with van der Waals surface area (Å²) in [4.78, 5) is 8.45. The molecule has 0 saturated carbocycles. The first-order valence-corrected chi connectivity index (χ1v) is 7.28. The lowest BCUT2D eigenvalue weighted by Gasteiger charge is -2.08. The molecule has 0 bridgehead atoms. The van der Waals surface area contributed by atoms with Gasteiger partial charge in [-0.25, -0.2) is 9.97 Å². The van der Waals surface area contributed by atoms with E-state index in [1.54, 1.807) is 6.07 Å². The number of nitrogens with zero attached hydrogens (tertiary/aromatic N) is 2. The molecule has 0 amide bonds. The van der Waals surface area contributed by atoms with Gasteiger partial charge in [0.25, 0.3) is 0 Å². The molecule has 20 heavy (non-hydrogen) atoms. The number of nitrogen functional groups attached to an aromatic ring is 1. The first-order valence-electron chi connectivity index (χ1n) is 6.05. The van der Waals surface area contributed by atoms with Gasteiger partial charge in [0.05, 0.1) is 0 Å². The smallest absolute Gasteiger partial charge is 0.231 e. The number of fused-ring (bicyclic) bond motifs is 1. The van der Waals surface area contributed by atoms with E-state index in [1.807, 2.05) is 24.5 Å². The van der Waals surface area contributed by atoms with Crippen molar-refractivity contribution in [2.75, 3.05) is 24.1 Å². The molecule has 1 aromatic heterocycles. The Labute approximate surface area is 120 Å². The third-order valence-corrected chi connectivity index (χ3v) is 3.37. The van der Waals surface area contributed by atoms with Gasteiger partial charge in [-0.1, -0.05) is 17.8 Å². The lowest BCUT2D eigenvalue weighted by Crippen LogP contribution is -2.04. The summed E-state index contributed by atoms with van der Waals surface area (Å²) in [6.07, 6.45) is 1.91. The monoisotopic (exact) mass is 290 g/mol. The van der Waals surface area contributed by atoms with Crippen LogP contribution in [0.3, 0.4) is 0 Å². The van der Waals surface area contributed by atoms with Crippen LogP contribution in [0, 0.1) is 0 Å². The first-order chi connectivity index (χ1) is 9.74. The van der Waals surface area contributed by atoms with Crippen molar-refractivity contribution in [3.05, 3.63) is 29.8 Å². The van der Waals surface area contributed by atoms with Crippen LogP contribution in [-0.4, -0.2) is 23.0 Å². The molecule has 1 aromatic carbocycles. The number of hydrogen-bond acceptors (Lipinski definition) is 7. The second-order valence-electron chi connectivity index (χ2n) is 4.21. The third-order valence-electron chi connectivity index (χ3n) is 2.82. The minimum Gasteiger partial charge on any atom is -0.454 e. The van der Waals surface area contributed by atoms with Gasteiger partial charge in [0.15, 0.2) is 16.7 Å². The van der Waals surface area contributed by atoms with Crippen LogP contribution < -0.4 is 20.5 Å². The van der Waals surface area contributed by atoms with Crippen LogP contribution >= 0.6 is 11.8 Å². The van der Waals surface area contributed by atoms with Gasteiger partial charge >= 0.3 is 0 Å². The number of nitrogens with one attached hydrogen (secondary N) is 1. The van der Waals surface area contributed by atoms with Gasteiger partial charge in [-0.3, -0.25) is 0 Å². The largest absolute Gasteiger partial charge is 0.454 e. The van der Waals surface area contributed by atoms with E-state index in [0.29, 0.717) is 23.3 Å². The Morgan fingerprint density at radius 3 is 2.95 bits per heavy atom. The summed E-state index contributed by atoms with van der Waals surface area (Å²) in [5.41, 5.74) is 6.82. The van der Waals surface area contributed by atoms with Crippen molar-refractivity contribution in [2.24, 2.45) is 0 Å². The molecular formula is C13H14N4O2S. The van der Waals surface area contributed by atoms with E-state index < -0.39 is 0 Å². The molecule has 6 nitrogen and oxygen atoms in total. The number of nitrogens with two attached hydrogens (primary N) is 1. The molecule has 0 fully saturated rings. The molecule has 0 radical (unpaired) electrons. The minimum atomic E-state index is 0.283. The van der Waals surface area contributed by atoms with Crippen molar-refractivity contribution in [3.63, 3.8) is 0 Å². The van der Waals surface area contributed by atoms with Crippen LogP contribution in [0.2, 0.25) is 0 Å². The lowest BCUT2D eigenvalue weighted by atomic mass is 10.2. The highest BCUT2D eigenvalue weighted by atomic mass is 32.2.